The van der Waals surface area contributed by atoms with Crippen LogP contribution in [0.2, 0.25) is 0 Å². The van der Waals surface area contributed by atoms with Crippen molar-refractivity contribution in [1.82, 2.24) is 14.9 Å². The number of halogens is 1. The molecule has 5 heteroatoms. The molecule has 0 aliphatic carbocycles. The highest BCUT2D eigenvalue weighted by Crippen LogP contribution is 2.29. The molecule has 16 heavy (non-hydrogen) atoms. The molecule has 1 aliphatic heterocycles. The van der Waals surface area contributed by atoms with Gasteiger partial charge >= 0.3 is 0 Å². The summed E-state index contributed by atoms with van der Waals surface area (Å²) in [7, 11) is 0. The van der Waals surface area contributed by atoms with Crippen LogP contribution in [0, 0.1) is 0 Å². The molecule has 0 radical (unpaired) electrons. The zero-order chi connectivity index (χ0) is 11.1. The van der Waals surface area contributed by atoms with Crippen molar-refractivity contribution in [2.45, 2.75) is 12.5 Å². The fraction of sp³-hybridized carbons (Fsp3) is 0.364. The van der Waals surface area contributed by atoms with Gasteiger partial charge in [-0.25, -0.2) is 4.98 Å². The average molecular weight is 282 g/mol. The van der Waals surface area contributed by atoms with Crippen LogP contribution in [-0.4, -0.2) is 27.7 Å². The van der Waals surface area contributed by atoms with Gasteiger partial charge in [0.2, 0.25) is 0 Å². The minimum Gasteiger partial charge on any atom is -0.508 e. The predicted molar refractivity (Wildman–Crippen MR) is 65.6 cm³/mol. The monoisotopic (exact) mass is 281 g/mol. The second-order valence-electron chi connectivity index (χ2n) is 4.07. The molecule has 2 N–H and O–H groups in total. The molecular formula is C11H12BrN3O. The van der Waals surface area contributed by atoms with Gasteiger partial charge in [0.05, 0.1) is 11.0 Å². The normalized spacial score (nSPS) is 20.7. The molecule has 1 unspecified atom stereocenters. The van der Waals surface area contributed by atoms with Crippen molar-refractivity contribution < 1.29 is 5.11 Å². The summed E-state index contributed by atoms with van der Waals surface area (Å²) in [6.45, 7) is 2.03. The summed E-state index contributed by atoms with van der Waals surface area (Å²) in [5, 5.41) is 12.8. The van der Waals surface area contributed by atoms with Crippen molar-refractivity contribution in [2.24, 2.45) is 0 Å². The second-order valence-corrected chi connectivity index (χ2v) is 4.78. The van der Waals surface area contributed by atoms with Crippen LogP contribution >= 0.6 is 15.9 Å². The minimum absolute atomic E-state index is 0.259. The lowest BCUT2D eigenvalue weighted by molar-refractivity contribution is 0.476. The molecule has 3 rings (SSSR count). The number of hydrogen-bond donors (Lipinski definition) is 2. The molecule has 0 bridgehead atoms. The summed E-state index contributed by atoms with van der Waals surface area (Å²) in [6, 6.07) is 5.76. The van der Waals surface area contributed by atoms with E-state index in [-0.39, 0.29) is 5.75 Å². The number of nitrogens with zero attached hydrogens (tertiary/aromatic N) is 2. The van der Waals surface area contributed by atoms with Crippen LogP contribution < -0.4 is 5.32 Å². The van der Waals surface area contributed by atoms with Crippen LogP contribution in [0.1, 0.15) is 12.5 Å². The van der Waals surface area contributed by atoms with Crippen molar-refractivity contribution in [1.29, 1.82) is 0 Å². The predicted octanol–water partition coefficient (Wildman–Crippen LogP) is 2.04. The van der Waals surface area contributed by atoms with E-state index < -0.39 is 0 Å². The SMILES string of the molecule is Oc1ccc2c(c1)nc(Br)n2C1CCNC1. The van der Waals surface area contributed by atoms with Gasteiger partial charge in [-0.1, -0.05) is 0 Å². The Morgan fingerprint density at radius 2 is 2.38 bits per heavy atom. The highest BCUT2D eigenvalue weighted by molar-refractivity contribution is 9.10. The van der Waals surface area contributed by atoms with E-state index in [0.717, 1.165) is 35.3 Å². The Morgan fingerprint density at radius 3 is 3.12 bits per heavy atom. The summed E-state index contributed by atoms with van der Waals surface area (Å²) in [6.07, 6.45) is 1.12. The molecule has 1 aromatic carbocycles. The van der Waals surface area contributed by atoms with E-state index in [0.29, 0.717) is 6.04 Å². The van der Waals surface area contributed by atoms with Crippen molar-refractivity contribution >= 4 is 27.0 Å². The maximum atomic E-state index is 9.42. The third-order valence-electron chi connectivity index (χ3n) is 3.03. The maximum absolute atomic E-state index is 9.42. The van der Waals surface area contributed by atoms with Crippen molar-refractivity contribution in [2.75, 3.05) is 13.1 Å². The maximum Gasteiger partial charge on any atom is 0.178 e. The molecule has 1 aliphatic rings. The number of rotatable bonds is 1. The van der Waals surface area contributed by atoms with E-state index in [1.54, 1.807) is 12.1 Å². The van der Waals surface area contributed by atoms with Crippen LogP contribution in [-0.2, 0) is 0 Å². The highest BCUT2D eigenvalue weighted by Gasteiger charge is 2.21. The van der Waals surface area contributed by atoms with Crippen LogP contribution in [0.25, 0.3) is 11.0 Å². The first-order chi connectivity index (χ1) is 7.75. The number of aromatic hydroxyl groups is 1. The summed E-state index contributed by atoms with van der Waals surface area (Å²) in [4.78, 5) is 4.41. The number of benzene rings is 1. The summed E-state index contributed by atoms with van der Waals surface area (Å²) in [5.74, 6) is 0.259. The van der Waals surface area contributed by atoms with Gasteiger partial charge in [0.15, 0.2) is 4.73 Å². The van der Waals surface area contributed by atoms with Crippen molar-refractivity contribution in [3.8, 4) is 5.75 Å². The van der Waals surface area contributed by atoms with E-state index in [9.17, 15) is 5.11 Å². The molecule has 1 saturated heterocycles. The molecule has 0 amide bonds. The van der Waals surface area contributed by atoms with E-state index in [1.165, 1.54) is 0 Å². The molecular weight excluding hydrogens is 270 g/mol. The van der Waals surface area contributed by atoms with Gasteiger partial charge in [0, 0.05) is 18.7 Å². The Labute approximate surface area is 101 Å². The third-order valence-corrected chi connectivity index (χ3v) is 3.59. The Bertz CT molecular complexity index is 531. The fourth-order valence-corrected chi connectivity index (χ4v) is 2.94. The number of nitrogens with one attached hydrogen (secondary N) is 1. The Hall–Kier alpha value is -1.07. The van der Waals surface area contributed by atoms with E-state index in [1.807, 2.05) is 6.07 Å². The highest BCUT2D eigenvalue weighted by atomic mass is 79.9. The molecule has 84 valence electrons. The quantitative estimate of drug-likeness (QED) is 0.841. The number of fused-ring (bicyclic) bond motifs is 1. The van der Waals surface area contributed by atoms with E-state index >= 15 is 0 Å². The van der Waals surface area contributed by atoms with Crippen LogP contribution in [0.3, 0.4) is 0 Å². The zero-order valence-electron chi connectivity index (χ0n) is 8.65. The summed E-state index contributed by atoms with van der Waals surface area (Å²) < 4.78 is 3.02. The first kappa shape index (κ1) is 10.1. The Kier molecular flexibility index (Phi) is 2.37. The molecule has 2 aromatic rings. The molecule has 1 fully saturated rings. The largest absolute Gasteiger partial charge is 0.508 e. The molecule has 4 nitrogen and oxygen atoms in total. The lowest BCUT2D eigenvalue weighted by Crippen LogP contribution is -2.13. The molecule has 1 atom stereocenters. The Balaban J connectivity index is 2.18. The minimum atomic E-state index is 0.259. The first-order valence-corrected chi connectivity index (χ1v) is 6.12. The van der Waals surface area contributed by atoms with Gasteiger partial charge in [-0.05, 0) is 41.0 Å². The molecule has 0 spiro atoms. The van der Waals surface area contributed by atoms with Crippen molar-refractivity contribution in [3.05, 3.63) is 22.9 Å². The van der Waals surface area contributed by atoms with Gasteiger partial charge < -0.3 is 15.0 Å². The molecule has 0 saturated carbocycles. The van der Waals surface area contributed by atoms with Crippen LogP contribution in [0.5, 0.6) is 5.75 Å². The third kappa shape index (κ3) is 1.51. The number of imidazole rings is 1. The lowest BCUT2D eigenvalue weighted by atomic mass is 10.2. The van der Waals surface area contributed by atoms with Crippen LogP contribution in [0.15, 0.2) is 22.9 Å². The van der Waals surface area contributed by atoms with Gasteiger partial charge in [0.1, 0.15) is 5.75 Å². The van der Waals surface area contributed by atoms with E-state index in [2.05, 4.69) is 30.8 Å². The Morgan fingerprint density at radius 1 is 1.50 bits per heavy atom. The number of hydrogen-bond acceptors (Lipinski definition) is 3. The van der Waals surface area contributed by atoms with Gasteiger partial charge in [-0.2, -0.15) is 0 Å². The smallest absolute Gasteiger partial charge is 0.178 e. The molecule has 2 heterocycles. The topological polar surface area (TPSA) is 50.1 Å². The summed E-state index contributed by atoms with van der Waals surface area (Å²) in [5.41, 5.74) is 1.90. The first-order valence-electron chi connectivity index (χ1n) is 5.33. The lowest BCUT2D eigenvalue weighted by Gasteiger charge is -2.12. The number of phenolic OH excluding ortho intramolecular Hbond substituents is 1. The standard InChI is InChI=1S/C11H12BrN3O/c12-11-14-9-5-8(16)1-2-10(9)15(11)7-3-4-13-6-7/h1-2,5,7,13,16H,3-4,6H2. The average Bonchev–Trinajstić information content (AvgIpc) is 2.83. The van der Waals surface area contributed by atoms with Gasteiger partial charge in [-0.15, -0.1) is 0 Å². The number of aromatic nitrogens is 2. The summed E-state index contributed by atoms with van der Waals surface area (Å²) >= 11 is 3.49. The number of phenols is 1. The van der Waals surface area contributed by atoms with Crippen molar-refractivity contribution in [3.63, 3.8) is 0 Å². The van der Waals surface area contributed by atoms with E-state index in [4.69, 9.17) is 0 Å². The van der Waals surface area contributed by atoms with Crippen LogP contribution in [0.4, 0.5) is 0 Å². The second kappa shape index (κ2) is 3.75. The fourth-order valence-electron chi connectivity index (χ4n) is 2.26. The van der Waals surface area contributed by atoms with Gasteiger partial charge in [-0.3, -0.25) is 0 Å². The zero-order valence-corrected chi connectivity index (χ0v) is 10.2. The van der Waals surface area contributed by atoms with Gasteiger partial charge in [0.25, 0.3) is 0 Å². The molecule has 1 aromatic heterocycles.